The largest absolute Gasteiger partial charge is 0.380 e. The second-order valence-electron chi connectivity index (χ2n) is 8.18. The molecule has 0 radical (unpaired) electrons. The van der Waals surface area contributed by atoms with Gasteiger partial charge in [-0.05, 0) is 26.7 Å². The Bertz CT molecular complexity index is 861. The van der Waals surface area contributed by atoms with Gasteiger partial charge in [0.1, 0.15) is 6.04 Å². The molecule has 9 nitrogen and oxygen atoms in total. The van der Waals surface area contributed by atoms with Gasteiger partial charge in [0.25, 0.3) is 0 Å². The molecule has 1 aromatic heterocycles. The van der Waals surface area contributed by atoms with Crippen LogP contribution in [0.3, 0.4) is 0 Å². The summed E-state index contributed by atoms with van der Waals surface area (Å²) in [4.78, 5) is 28.3. The first-order valence-electron chi connectivity index (χ1n) is 10.9. The van der Waals surface area contributed by atoms with Gasteiger partial charge >= 0.3 is 0 Å². The van der Waals surface area contributed by atoms with Crippen LogP contribution in [0, 0.1) is 25.2 Å². The van der Waals surface area contributed by atoms with Crippen molar-refractivity contribution in [3.8, 4) is 12.3 Å². The molecule has 3 rings (SSSR count). The molecule has 1 saturated carbocycles. The molecule has 0 bridgehead atoms. The maximum atomic E-state index is 13.3. The Morgan fingerprint density at radius 2 is 2.16 bits per heavy atom. The molecule has 9 heteroatoms. The highest BCUT2D eigenvalue weighted by Crippen LogP contribution is 2.39. The van der Waals surface area contributed by atoms with Crippen LogP contribution >= 0.6 is 0 Å². The highest BCUT2D eigenvalue weighted by molar-refractivity contribution is 5.90. The summed E-state index contributed by atoms with van der Waals surface area (Å²) in [6.45, 7) is 5.53. The van der Waals surface area contributed by atoms with Gasteiger partial charge in [-0.25, -0.2) is 0 Å². The van der Waals surface area contributed by atoms with Crippen LogP contribution in [-0.2, 0) is 21.4 Å². The summed E-state index contributed by atoms with van der Waals surface area (Å²) in [5.74, 6) is 2.37. The van der Waals surface area contributed by atoms with E-state index in [2.05, 4.69) is 26.6 Å². The third-order valence-corrected chi connectivity index (χ3v) is 5.67. The Labute approximate surface area is 183 Å². The van der Waals surface area contributed by atoms with Crippen molar-refractivity contribution in [1.29, 1.82) is 0 Å². The molecule has 1 aliphatic heterocycles. The van der Waals surface area contributed by atoms with E-state index in [0.717, 1.165) is 24.1 Å². The lowest BCUT2D eigenvalue weighted by Gasteiger charge is -2.32. The molecule has 0 saturated heterocycles. The lowest BCUT2D eigenvalue weighted by atomic mass is 10.0. The molecule has 1 aromatic rings. The van der Waals surface area contributed by atoms with Gasteiger partial charge in [-0.2, -0.15) is 15.3 Å². The van der Waals surface area contributed by atoms with Crippen molar-refractivity contribution < 1.29 is 14.3 Å². The SMILES string of the molecule is C#CCCC1(CCN(C(=O)C2CC2)C(C(=O)NCCOCC)c2cn(C)nc2C)N=N1. The zero-order chi connectivity index (χ0) is 22.4. The Hall–Kier alpha value is -2.73. The summed E-state index contributed by atoms with van der Waals surface area (Å²) in [5, 5.41) is 15.7. The monoisotopic (exact) mass is 428 g/mol. The normalized spacial score (nSPS) is 17.1. The average molecular weight is 429 g/mol. The first kappa shape index (κ1) is 22.9. The fraction of sp³-hybridized carbons (Fsp3) is 0.682. The number of rotatable bonds is 13. The molecule has 1 N–H and O–H groups in total. The summed E-state index contributed by atoms with van der Waals surface area (Å²) >= 11 is 0. The second kappa shape index (κ2) is 10.1. The Morgan fingerprint density at radius 3 is 2.71 bits per heavy atom. The van der Waals surface area contributed by atoms with Gasteiger partial charge in [0.15, 0.2) is 5.66 Å². The molecule has 0 spiro atoms. The van der Waals surface area contributed by atoms with Crippen LogP contribution < -0.4 is 5.32 Å². The number of hydrogen-bond acceptors (Lipinski definition) is 6. The van der Waals surface area contributed by atoms with E-state index in [4.69, 9.17) is 11.2 Å². The van der Waals surface area contributed by atoms with Crippen LogP contribution in [0.4, 0.5) is 0 Å². The smallest absolute Gasteiger partial charge is 0.247 e. The number of carbonyl (C=O) groups excluding carboxylic acids is 2. The van der Waals surface area contributed by atoms with Crippen molar-refractivity contribution in [2.45, 2.75) is 57.7 Å². The first-order chi connectivity index (χ1) is 14.9. The fourth-order valence-corrected chi connectivity index (χ4v) is 3.72. The lowest BCUT2D eigenvalue weighted by molar-refractivity contribution is -0.142. The summed E-state index contributed by atoms with van der Waals surface area (Å²) in [7, 11) is 1.81. The van der Waals surface area contributed by atoms with Crippen LogP contribution in [0.5, 0.6) is 0 Å². The molecular formula is C22H32N6O3. The van der Waals surface area contributed by atoms with E-state index >= 15 is 0 Å². The summed E-state index contributed by atoms with van der Waals surface area (Å²) < 4.78 is 7.01. The number of ether oxygens (including phenoxy) is 1. The molecule has 1 aliphatic carbocycles. The minimum absolute atomic E-state index is 0.000890. The van der Waals surface area contributed by atoms with E-state index in [0.29, 0.717) is 45.6 Å². The number of carbonyl (C=O) groups is 2. The van der Waals surface area contributed by atoms with E-state index in [1.807, 2.05) is 27.1 Å². The molecule has 31 heavy (non-hydrogen) atoms. The number of hydrogen-bond donors (Lipinski definition) is 1. The standard InChI is InChI=1S/C22H32N6O3/c1-5-7-10-22(25-26-22)11-13-28(21(30)17-8-9-17)19(18-15-27(4)24-16(18)3)20(29)23-12-14-31-6-2/h1,15,17,19H,6-14H2,2-4H3,(H,23,29). The molecule has 1 unspecified atom stereocenters. The van der Waals surface area contributed by atoms with Crippen molar-refractivity contribution in [1.82, 2.24) is 20.0 Å². The Morgan fingerprint density at radius 1 is 1.42 bits per heavy atom. The van der Waals surface area contributed by atoms with E-state index in [1.165, 1.54) is 0 Å². The zero-order valence-corrected chi connectivity index (χ0v) is 18.6. The minimum atomic E-state index is -0.758. The predicted octanol–water partition coefficient (Wildman–Crippen LogP) is 2.13. The fourth-order valence-electron chi connectivity index (χ4n) is 3.72. The first-order valence-corrected chi connectivity index (χ1v) is 10.9. The van der Waals surface area contributed by atoms with Gasteiger partial charge in [0.05, 0.1) is 12.3 Å². The summed E-state index contributed by atoms with van der Waals surface area (Å²) in [6.07, 6.45) is 10.7. The number of aromatic nitrogens is 2. The minimum Gasteiger partial charge on any atom is -0.380 e. The van der Waals surface area contributed by atoms with Crippen LogP contribution in [0.25, 0.3) is 0 Å². The van der Waals surface area contributed by atoms with E-state index in [1.54, 1.807) is 9.58 Å². The number of amides is 2. The van der Waals surface area contributed by atoms with Crippen LogP contribution in [-0.4, -0.2) is 58.5 Å². The summed E-state index contributed by atoms with van der Waals surface area (Å²) in [6, 6.07) is -0.758. The zero-order valence-electron chi connectivity index (χ0n) is 18.6. The molecule has 2 heterocycles. The lowest BCUT2D eigenvalue weighted by Crippen LogP contribution is -2.46. The maximum absolute atomic E-state index is 13.3. The van der Waals surface area contributed by atoms with Crippen molar-refractivity contribution in [3.63, 3.8) is 0 Å². The molecule has 1 fully saturated rings. The molecule has 2 amide bonds. The second-order valence-corrected chi connectivity index (χ2v) is 8.18. The number of aryl methyl sites for hydroxylation is 2. The van der Waals surface area contributed by atoms with Crippen LogP contribution in [0.1, 0.15) is 56.3 Å². The van der Waals surface area contributed by atoms with E-state index in [9.17, 15) is 9.59 Å². The van der Waals surface area contributed by atoms with Gasteiger partial charge < -0.3 is 15.0 Å². The third-order valence-electron chi connectivity index (χ3n) is 5.67. The molecule has 168 valence electrons. The number of nitrogens with zero attached hydrogens (tertiary/aromatic N) is 5. The highest BCUT2D eigenvalue weighted by atomic mass is 16.5. The topological polar surface area (TPSA) is 101 Å². The molecule has 2 aliphatic rings. The van der Waals surface area contributed by atoms with Crippen molar-refractivity contribution in [2.75, 3.05) is 26.3 Å². The molecular weight excluding hydrogens is 396 g/mol. The van der Waals surface area contributed by atoms with Crippen LogP contribution in [0.2, 0.25) is 0 Å². The van der Waals surface area contributed by atoms with E-state index in [-0.39, 0.29) is 17.7 Å². The number of nitrogens with one attached hydrogen (secondary N) is 1. The number of terminal acetylenes is 1. The van der Waals surface area contributed by atoms with Gasteiger partial charge in [-0.15, -0.1) is 12.3 Å². The van der Waals surface area contributed by atoms with Crippen molar-refractivity contribution in [2.24, 2.45) is 23.2 Å². The van der Waals surface area contributed by atoms with Gasteiger partial charge in [-0.1, -0.05) is 0 Å². The molecule has 0 aromatic carbocycles. The van der Waals surface area contributed by atoms with Gasteiger partial charge in [-0.3, -0.25) is 14.3 Å². The average Bonchev–Trinajstić information content (AvgIpc) is 3.66. The Kier molecular flexibility index (Phi) is 7.44. The third kappa shape index (κ3) is 5.91. The Balaban J connectivity index is 1.82. The van der Waals surface area contributed by atoms with Gasteiger partial charge in [0, 0.05) is 63.7 Å². The van der Waals surface area contributed by atoms with Gasteiger partial charge in [0.2, 0.25) is 11.8 Å². The predicted molar refractivity (Wildman–Crippen MR) is 115 cm³/mol. The molecule has 1 atom stereocenters. The summed E-state index contributed by atoms with van der Waals surface area (Å²) in [5.41, 5.74) is 0.936. The highest BCUT2D eigenvalue weighted by Gasteiger charge is 2.44. The maximum Gasteiger partial charge on any atom is 0.247 e. The quantitative estimate of drug-likeness (QED) is 0.384. The van der Waals surface area contributed by atoms with E-state index < -0.39 is 11.7 Å². The van der Waals surface area contributed by atoms with Crippen molar-refractivity contribution in [3.05, 3.63) is 17.5 Å². The van der Waals surface area contributed by atoms with Crippen molar-refractivity contribution >= 4 is 11.8 Å². The van der Waals surface area contributed by atoms with Crippen LogP contribution in [0.15, 0.2) is 16.4 Å².